The number of amides is 1. The van der Waals surface area contributed by atoms with Gasteiger partial charge in [-0.25, -0.2) is 0 Å². The molecule has 108 valence electrons. The highest BCUT2D eigenvalue weighted by atomic mass is 16.2. The quantitative estimate of drug-likeness (QED) is 0.813. The molecule has 1 aliphatic rings. The van der Waals surface area contributed by atoms with Gasteiger partial charge in [-0.1, -0.05) is 29.8 Å². The molecule has 0 saturated carbocycles. The summed E-state index contributed by atoms with van der Waals surface area (Å²) in [6.45, 7) is 4.77. The number of carbonyl (C=O) groups is 1. The standard InChI is InChI=1S/C18H20N2O/c1-12-8-9-16-14(11-12)6-4-10-20(16)18(21)15-7-3-5-13(2)17(15)19/h3,5,7-9,11H,4,6,10,19H2,1-2H3. The second kappa shape index (κ2) is 5.24. The van der Waals surface area contributed by atoms with Gasteiger partial charge in [0.25, 0.3) is 5.91 Å². The summed E-state index contributed by atoms with van der Waals surface area (Å²) < 4.78 is 0. The maximum Gasteiger partial charge on any atom is 0.260 e. The Labute approximate surface area is 125 Å². The minimum atomic E-state index is 0.000929. The molecule has 0 unspecified atom stereocenters. The fourth-order valence-electron chi connectivity index (χ4n) is 2.95. The molecule has 2 N–H and O–H groups in total. The van der Waals surface area contributed by atoms with Crippen molar-refractivity contribution in [2.24, 2.45) is 0 Å². The molecule has 0 fully saturated rings. The molecular formula is C18H20N2O. The van der Waals surface area contributed by atoms with Crippen molar-refractivity contribution < 1.29 is 4.79 Å². The van der Waals surface area contributed by atoms with Crippen molar-refractivity contribution in [2.45, 2.75) is 26.7 Å². The lowest BCUT2D eigenvalue weighted by molar-refractivity contribution is 0.0986. The first-order valence-electron chi connectivity index (χ1n) is 7.34. The summed E-state index contributed by atoms with van der Waals surface area (Å²) in [7, 11) is 0. The fraction of sp³-hybridized carbons (Fsp3) is 0.278. The molecule has 0 saturated heterocycles. The van der Waals surface area contributed by atoms with E-state index in [9.17, 15) is 4.79 Å². The first kappa shape index (κ1) is 13.7. The van der Waals surface area contributed by atoms with Gasteiger partial charge in [0, 0.05) is 17.9 Å². The van der Waals surface area contributed by atoms with Crippen LogP contribution in [0.2, 0.25) is 0 Å². The van der Waals surface area contributed by atoms with E-state index in [4.69, 9.17) is 5.73 Å². The molecule has 0 spiro atoms. The first-order valence-corrected chi connectivity index (χ1v) is 7.34. The van der Waals surface area contributed by atoms with Gasteiger partial charge in [-0.15, -0.1) is 0 Å². The lowest BCUT2D eigenvalue weighted by atomic mass is 9.98. The van der Waals surface area contributed by atoms with E-state index in [2.05, 4.69) is 19.1 Å². The summed E-state index contributed by atoms with van der Waals surface area (Å²) in [6.07, 6.45) is 2.03. The molecule has 3 heteroatoms. The molecule has 21 heavy (non-hydrogen) atoms. The Morgan fingerprint density at radius 3 is 2.81 bits per heavy atom. The van der Waals surface area contributed by atoms with Gasteiger partial charge in [-0.3, -0.25) is 4.79 Å². The number of nitrogens with two attached hydrogens (primary N) is 1. The molecule has 2 aromatic carbocycles. The summed E-state index contributed by atoms with van der Waals surface area (Å²) in [5.74, 6) is 0.000929. The number of fused-ring (bicyclic) bond motifs is 1. The van der Waals surface area contributed by atoms with Crippen LogP contribution in [-0.2, 0) is 6.42 Å². The van der Waals surface area contributed by atoms with E-state index in [1.54, 1.807) is 0 Å². The van der Waals surface area contributed by atoms with Crippen LogP contribution in [0, 0.1) is 13.8 Å². The third kappa shape index (κ3) is 2.40. The van der Waals surface area contributed by atoms with Gasteiger partial charge < -0.3 is 10.6 Å². The van der Waals surface area contributed by atoms with Crippen LogP contribution in [0.1, 0.15) is 33.5 Å². The van der Waals surface area contributed by atoms with E-state index < -0.39 is 0 Å². The zero-order valence-corrected chi connectivity index (χ0v) is 12.5. The Kier molecular flexibility index (Phi) is 3.42. The van der Waals surface area contributed by atoms with Gasteiger partial charge in [0.15, 0.2) is 0 Å². The van der Waals surface area contributed by atoms with Crippen LogP contribution < -0.4 is 10.6 Å². The maximum absolute atomic E-state index is 12.9. The third-order valence-corrected chi connectivity index (χ3v) is 4.15. The van der Waals surface area contributed by atoms with Crippen LogP contribution in [0.15, 0.2) is 36.4 Å². The first-order chi connectivity index (χ1) is 10.1. The van der Waals surface area contributed by atoms with Crippen LogP contribution in [0.25, 0.3) is 0 Å². The monoisotopic (exact) mass is 280 g/mol. The number of nitrogen functional groups attached to an aromatic ring is 1. The Bertz CT molecular complexity index is 706. The van der Waals surface area contributed by atoms with Crippen LogP contribution in [-0.4, -0.2) is 12.5 Å². The van der Waals surface area contributed by atoms with Gasteiger partial charge in [0.2, 0.25) is 0 Å². The van der Waals surface area contributed by atoms with Gasteiger partial charge in [-0.2, -0.15) is 0 Å². The number of hydrogen-bond acceptors (Lipinski definition) is 2. The highest BCUT2D eigenvalue weighted by Crippen LogP contribution is 2.30. The molecule has 0 atom stereocenters. The van der Waals surface area contributed by atoms with Gasteiger partial charge in [-0.05, 0) is 49.9 Å². The third-order valence-electron chi connectivity index (χ3n) is 4.15. The predicted octanol–water partition coefficient (Wildman–Crippen LogP) is 3.48. The van der Waals surface area contributed by atoms with Gasteiger partial charge in [0.05, 0.1) is 5.56 Å². The number of benzene rings is 2. The largest absolute Gasteiger partial charge is 0.398 e. The van der Waals surface area contributed by atoms with Crippen LogP contribution in [0.3, 0.4) is 0 Å². The predicted molar refractivity (Wildman–Crippen MR) is 86.8 cm³/mol. The number of carbonyl (C=O) groups excluding carboxylic acids is 1. The Morgan fingerprint density at radius 1 is 1.19 bits per heavy atom. The molecular weight excluding hydrogens is 260 g/mol. The van der Waals surface area contributed by atoms with Crippen molar-refractivity contribution in [1.29, 1.82) is 0 Å². The van der Waals surface area contributed by atoms with E-state index in [1.807, 2.05) is 36.1 Å². The highest BCUT2D eigenvalue weighted by Gasteiger charge is 2.25. The number of anilines is 2. The van der Waals surface area contributed by atoms with Crippen molar-refractivity contribution in [3.63, 3.8) is 0 Å². The zero-order valence-electron chi connectivity index (χ0n) is 12.5. The molecule has 1 amide bonds. The Hall–Kier alpha value is -2.29. The fourth-order valence-corrected chi connectivity index (χ4v) is 2.95. The summed E-state index contributed by atoms with van der Waals surface area (Å²) in [5.41, 5.74) is 11.7. The second-order valence-corrected chi connectivity index (χ2v) is 5.73. The molecule has 0 bridgehead atoms. The maximum atomic E-state index is 12.9. The van der Waals surface area contributed by atoms with Crippen molar-refractivity contribution in [3.05, 3.63) is 58.7 Å². The Morgan fingerprint density at radius 2 is 2.00 bits per heavy atom. The molecule has 0 radical (unpaired) electrons. The second-order valence-electron chi connectivity index (χ2n) is 5.73. The molecule has 3 nitrogen and oxygen atoms in total. The summed E-state index contributed by atoms with van der Waals surface area (Å²) in [6, 6.07) is 11.9. The van der Waals surface area contributed by atoms with E-state index in [-0.39, 0.29) is 5.91 Å². The average Bonchev–Trinajstić information content (AvgIpc) is 2.48. The lowest BCUT2D eigenvalue weighted by Gasteiger charge is -2.30. The van der Waals surface area contributed by atoms with Gasteiger partial charge >= 0.3 is 0 Å². The topological polar surface area (TPSA) is 46.3 Å². The summed E-state index contributed by atoms with van der Waals surface area (Å²) in [5, 5.41) is 0. The molecule has 1 heterocycles. The van der Waals surface area contributed by atoms with Crippen LogP contribution in [0.4, 0.5) is 11.4 Å². The normalized spacial score (nSPS) is 13.9. The van der Waals surface area contributed by atoms with Crippen molar-refractivity contribution >= 4 is 17.3 Å². The average molecular weight is 280 g/mol. The van der Waals surface area contributed by atoms with E-state index in [0.29, 0.717) is 11.3 Å². The van der Waals surface area contributed by atoms with E-state index >= 15 is 0 Å². The van der Waals surface area contributed by atoms with Crippen molar-refractivity contribution in [2.75, 3.05) is 17.2 Å². The van der Waals surface area contributed by atoms with Crippen molar-refractivity contribution in [3.8, 4) is 0 Å². The lowest BCUT2D eigenvalue weighted by Crippen LogP contribution is -2.36. The molecule has 1 aliphatic heterocycles. The minimum Gasteiger partial charge on any atom is -0.398 e. The number of hydrogen-bond donors (Lipinski definition) is 1. The number of nitrogens with zero attached hydrogens (tertiary/aromatic N) is 1. The minimum absolute atomic E-state index is 0.000929. The van der Waals surface area contributed by atoms with E-state index in [1.165, 1.54) is 11.1 Å². The molecule has 3 rings (SSSR count). The van der Waals surface area contributed by atoms with Gasteiger partial charge in [0.1, 0.15) is 0 Å². The Balaban J connectivity index is 2.02. The van der Waals surface area contributed by atoms with Crippen molar-refractivity contribution in [1.82, 2.24) is 0 Å². The zero-order chi connectivity index (χ0) is 15.0. The SMILES string of the molecule is Cc1ccc2c(c1)CCCN2C(=O)c1cccc(C)c1N. The smallest absolute Gasteiger partial charge is 0.260 e. The van der Waals surface area contributed by atoms with Crippen LogP contribution in [0.5, 0.6) is 0 Å². The molecule has 0 aliphatic carbocycles. The number of rotatable bonds is 1. The highest BCUT2D eigenvalue weighted by molar-refractivity contribution is 6.10. The summed E-state index contributed by atoms with van der Waals surface area (Å²) in [4.78, 5) is 14.7. The number of aryl methyl sites for hydroxylation is 3. The van der Waals surface area contributed by atoms with Crippen LogP contribution >= 0.6 is 0 Å². The molecule has 0 aromatic heterocycles. The summed E-state index contributed by atoms with van der Waals surface area (Å²) >= 11 is 0. The van der Waals surface area contributed by atoms with E-state index in [0.717, 1.165) is 30.6 Å². The number of para-hydroxylation sites is 1. The molecule has 2 aromatic rings.